The molecule has 0 radical (unpaired) electrons. The molecule has 6 heteroatoms. The SMILES string of the molecule is Fc1cc(F)c(NCc2ncccn2)c(F)c1. The molecule has 2 aromatic rings. The Morgan fingerprint density at radius 3 is 2.18 bits per heavy atom. The number of hydrogen-bond donors (Lipinski definition) is 1. The lowest BCUT2D eigenvalue weighted by atomic mass is 10.2. The largest absolute Gasteiger partial charge is 0.373 e. The van der Waals surface area contributed by atoms with Crippen LogP contribution in [0.2, 0.25) is 0 Å². The molecule has 1 aromatic carbocycles. The number of benzene rings is 1. The van der Waals surface area contributed by atoms with Crippen LogP contribution in [0.1, 0.15) is 5.82 Å². The highest BCUT2D eigenvalue weighted by molar-refractivity contribution is 5.46. The zero-order valence-corrected chi connectivity index (χ0v) is 8.62. The standard InChI is InChI=1S/C11H8F3N3/c12-7-4-8(13)11(9(14)5-7)17-6-10-15-2-1-3-16-10/h1-5,17H,6H2. The monoisotopic (exact) mass is 239 g/mol. The summed E-state index contributed by atoms with van der Waals surface area (Å²) in [6.07, 6.45) is 3.03. The summed E-state index contributed by atoms with van der Waals surface area (Å²) in [5.74, 6) is -2.55. The van der Waals surface area contributed by atoms with Crippen LogP contribution in [-0.4, -0.2) is 9.97 Å². The van der Waals surface area contributed by atoms with Crippen LogP contribution in [0.4, 0.5) is 18.9 Å². The van der Waals surface area contributed by atoms with Crippen molar-refractivity contribution in [3.05, 3.63) is 53.9 Å². The van der Waals surface area contributed by atoms with Gasteiger partial charge in [-0.05, 0) is 6.07 Å². The third-order valence-electron chi connectivity index (χ3n) is 2.05. The predicted molar refractivity (Wildman–Crippen MR) is 55.7 cm³/mol. The van der Waals surface area contributed by atoms with E-state index in [-0.39, 0.29) is 12.2 Å². The Balaban J connectivity index is 2.15. The fourth-order valence-electron chi connectivity index (χ4n) is 1.30. The summed E-state index contributed by atoms with van der Waals surface area (Å²) in [6, 6.07) is 2.84. The van der Waals surface area contributed by atoms with Gasteiger partial charge in [0.15, 0.2) is 11.6 Å². The molecule has 1 aromatic heterocycles. The van der Waals surface area contributed by atoms with Crippen LogP contribution < -0.4 is 5.32 Å². The van der Waals surface area contributed by atoms with Gasteiger partial charge in [0, 0.05) is 24.5 Å². The van der Waals surface area contributed by atoms with E-state index in [1.807, 2.05) is 0 Å². The van der Waals surface area contributed by atoms with Crippen molar-refractivity contribution in [2.45, 2.75) is 6.54 Å². The van der Waals surface area contributed by atoms with Crippen LogP contribution in [0, 0.1) is 17.5 Å². The van der Waals surface area contributed by atoms with Gasteiger partial charge in [-0.25, -0.2) is 23.1 Å². The first-order valence-corrected chi connectivity index (χ1v) is 4.81. The van der Waals surface area contributed by atoms with E-state index < -0.39 is 17.5 Å². The number of nitrogens with zero attached hydrogens (tertiary/aromatic N) is 2. The third kappa shape index (κ3) is 2.72. The first-order valence-electron chi connectivity index (χ1n) is 4.81. The molecule has 0 saturated heterocycles. The first kappa shape index (κ1) is 11.4. The van der Waals surface area contributed by atoms with Gasteiger partial charge < -0.3 is 5.32 Å². The van der Waals surface area contributed by atoms with E-state index in [0.717, 1.165) is 0 Å². The van der Waals surface area contributed by atoms with Crippen LogP contribution >= 0.6 is 0 Å². The molecule has 88 valence electrons. The van der Waals surface area contributed by atoms with Crippen molar-refractivity contribution < 1.29 is 13.2 Å². The number of rotatable bonds is 3. The normalized spacial score (nSPS) is 10.3. The summed E-state index contributed by atoms with van der Waals surface area (Å²) in [5, 5.41) is 2.48. The van der Waals surface area contributed by atoms with Crippen molar-refractivity contribution >= 4 is 5.69 Å². The van der Waals surface area contributed by atoms with Crippen LogP contribution in [0.15, 0.2) is 30.6 Å². The van der Waals surface area contributed by atoms with Gasteiger partial charge in [-0.15, -0.1) is 0 Å². The van der Waals surface area contributed by atoms with Gasteiger partial charge in [0.2, 0.25) is 0 Å². The topological polar surface area (TPSA) is 37.8 Å². The van der Waals surface area contributed by atoms with Crippen molar-refractivity contribution in [1.82, 2.24) is 9.97 Å². The molecule has 0 fully saturated rings. The molecule has 0 atom stereocenters. The Labute approximate surface area is 95.3 Å². The second-order valence-corrected chi connectivity index (χ2v) is 3.26. The minimum atomic E-state index is -0.988. The molecular weight excluding hydrogens is 231 g/mol. The van der Waals surface area contributed by atoms with Gasteiger partial charge >= 0.3 is 0 Å². The molecule has 2 rings (SSSR count). The summed E-state index contributed by atoms with van der Waals surface area (Å²) >= 11 is 0. The lowest BCUT2D eigenvalue weighted by Crippen LogP contribution is -2.07. The maximum Gasteiger partial charge on any atom is 0.152 e. The average Bonchev–Trinajstić information content (AvgIpc) is 2.29. The molecule has 0 saturated carbocycles. The van der Waals surface area contributed by atoms with E-state index in [1.54, 1.807) is 6.07 Å². The van der Waals surface area contributed by atoms with Gasteiger partial charge in [0.25, 0.3) is 0 Å². The Morgan fingerprint density at radius 1 is 1.00 bits per heavy atom. The van der Waals surface area contributed by atoms with Gasteiger partial charge in [-0.3, -0.25) is 0 Å². The van der Waals surface area contributed by atoms with Crippen molar-refractivity contribution in [1.29, 1.82) is 0 Å². The summed E-state index contributed by atoms with van der Waals surface area (Å²) in [6.45, 7) is 0.0559. The van der Waals surface area contributed by atoms with Crippen molar-refractivity contribution in [3.63, 3.8) is 0 Å². The van der Waals surface area contributed by atoms with Gasteiger partial charge in [-0.1, -0.05) is 0 Å². The maximum absolute atomic E-state index is 13.2. The second-order valence-electron chi connectivity index (χ2n) is 3.26. The number of hydrogen-bond acceptors (Lipinski definition) is 3. The van der Waals surface area contributed by atoms with Crippen LogP contribution in [-0.2, 0) is 6.54 Å². The lowest BCUT2D eigenvalue weighted by molar-refractivity contribution is 0.547. The molecule has 3 nitrogen and oxygen atoms in total. The van der Waals surface area contributed by atoms with E-state index in [9.17, 15) is 13.2 Å². The van der Waals surface area contributed by atoms with Crippen LogP contribution in [0.5, 0.6) is 0 Å². The Morgan fingerprint density at radius 2 is 1.59 bits per heavy atom. The van der Waals surface area contributed by atoms with Gasteiger partial charge in [0.1, 0.15) is 17.3 Å². The molecule has 0 aliphatic carbocycles. The molecule has 0 amide bonds. The average molecular weight is 239 g/mol. The van der Waals surface area contributed by atoms with Gasteiger partial charge in [-0.2, -0.15) is 0 Å². The highest BCUT2D eigenvalue weighted by atomic mass is 19.1. The minimum absolute atomic E-state index is 0.0559. The van der Waals surface area contributed by atoms with E-state index >= 15 is 0 Å². The summed E-state index contributed by atoms with van der Waals surface area (Å²) in [4.78, 5) is 7.76. The van der Waals surface area contributed by atoms with E-state index in [1.165, 1.54) is 12.4 Å². The number of aromatic nitrogens is 2. The Bertz CT molecular complexity index is 494. The third-order valence-corrected chi connectivity index (χ3v) is 2.05. The summed E-state index contributed by atoms with van der Waals surface area (Å²) in [5.41, 5.74) is -0.390. The molecule has 17 heavy (non-hydrogen) atoms. The molecule has 0 spiro atoms. The Hall–Kier alpha value is -2.11. The Kier molecular flexibility index (Phi) is 3.22. The zero-order chi connectivity index (χ0) is 12.3. The molecule has 0 aliphatic heterocycles. The van der Waals surface area contributed by atoms with Crippen molar-refractivity contribution in [3.8, 4) is 0 Å². The maximum atomic E-state index is 13.2. The van der Waals surface area contributed by atoms with Crippen LogP contribution in [0.3, 0.4) is 0 Å². The van der Waals surface area contributed by atoms with Crippen molar-refractivity contribution in [2.75, 3.05) is 5.32 Å². The number of nitrogens with one attached hydrogen (secondary N) is 1. The lowest BCUT2D eigenvalue weighted by Gasteiger charge is -2.07. The molecule has 0 unspecified atom stereocenters. The predicted octanol–water partition coefficient (Wildman–Crippen LogP) is 2.51. The fraction of sp³-hybridized carbons (Fsp3) is 0.0909. The molecule has 0 bridgehead atoms. The molecular formula is C11H8F3N3. The highest BCUT2D eigenvalue weighted by Gasteiger charge is 2.11. The number of anilines is 1. The summed E-state index contributed by atoms with van der Waals surface area (Å²) < 4.78 is 39.1. The van der Waals surface area contributed by atoms with E-state index in [4.69, 9.17) is 0 Å². The molecule has 1 heterocycles. The van der Waals surface area contributed by atoms with E-state index in [2.05, 4.69) is 15.3 Å². The minimum Gasteiger partial charge on any atom is -0.373 e. The molecule has 0 aliphatic rings. The smallest absolute Gasteiger partial charge is 0.152 e. The van der Waals surface area contributed by atoms with Gasteiger partial charge in [0.05, 0.1) is 6.54 Å². The van der Waals surface area contributed by atoms with E-state index in [0.29, 0.717) is 18.0 Å². The molecule has 1 N–H and O–H groups in total. The first-order chi connectivity index (χ1) is 8.16. The second kappa shape index (κ2) is 4.82. The quantitative estimate of drug-likeness (QED) is 0.894. The van der Waals surface area contributed by atoms with Crippen molar-refractivity contribution in [2.24, 2.45) is 0 Å². The zero-order valence-electron chi connectivity index (χ0n) is 8.62. The highest BCUT2D eigenvalue weighted by Crippen LogP contribution is 2.20. The fourth-order valence-corrected chi connectivity index (χ4v) is 1.30. The van der Waals surface area contributed by atoms with Crippen LogP contribution in [0.25, 0.3) is 0 Å². The summed E-state index contributed by atoms with van der Waals surface area (Å²) in [7, 11) is 0. The number of halogens is 3.